The average Bonchev–Trinajstić information content (AvgIpc) is 3.04. The van der Waals surface area contributed by atoms with Gasteiger partial charge < -0.3 is 9.84 Å². The molecule has 1 aliphatic carbocycles. The molecule has 0 amide bonds. The zero-order valence-electron chi connectivity index (χ0n) is 10.1. The van der Waals surface area contributed by atoms with Crippen LogP contribution in [0.1, 0.15) is 43.4 Å². The molecule has 1 aromatic carbocycles. The number of hydrogen-bond donors (Lipinski definition) is 1. The standard InChI is InChI=1S/C14H20O2/c1-10-3-6-14(13(9-10)11(2)15)16-8-7-12-4-5-12/h3,6,9,11-12,15H,4-5,7-8H2,1-2H3/t11-/m0/s1. The van der Waals surface area contributed by atoms with Crippen LogP contribution in [0.2, 0.25) is 0 Å². The maximum atomic E-state index is 9.67. The highest BCUT2D eigenvalue weighted by Gasteiger charge is 2.21. The van der Waals surface area contributed by atoms with E-state index in [1.165, 1.54) is 12.8 Å². The Morgan fingerprint density at radius 2 is 2.19 bits per heavy atom. The molecule has 88 valence electrons. The van der Waals surface area contributed by atoms with Crippen molar-refractivity contribution in [3.05, 3.63) is 29.3 Å². The van der Waals surface area contributed by atoms with Crippen LogP contribution in [0.4, 0.5) is 0 Å². The van der Waals surface area contributed by atoms with Crippen molar-refractivity contribution in [1.29, 1.82) is 0 Å². The zero-order valence-corrected chi connectivity index (χ0v) is 10.1. The number of aliphatic hydroxyl groups excluding tert-OH is 1. The summed E-state index contributed by atoms with van der Waals surface area (Å²) in [5.74, 6) is 1.72. The molecule has 1 fully saturated rings. The van der Waals surface area contributed by atoms with E-state index in [2.05, 4.69) is 0 Å². The molecule has 1 saturated carbocycles. The van der Waals surface area contributed by atoms with Gasteiger partial charge >= 0.3 is 0 Å². The van der Waals surface area contributed by atoms with Crippen molar-refractivity contribution in [2.75, 3.05) is 6.61 Å². The molecule has 0 radical (unpaired) electrons. The van der Waals surface area contributed by atoms with Crippen LogP contribution in [-0.2, 0) is 0 Å². The second-order valence-electron chi connectivity index (χ2n) is 4.80. The van der Waals surface area contributed by atoms with Gasteiger partial charge in [0.25, 0.3) is 0 Å². The lowest BCUT2D eigenvalue weighted by Gasteiger charge is -2.14. The van der Waals surface area contributed by atoms with E-state index in [4.69, 9.17) is 4.74 Å². The summed E-state index contributed by atoms with van der Waals surface area (Å²) in [6.45, 7) is 4.58. The summed E-state index contributed by atoms with van der Waals surface area (Å²) in [4.78, 5) is 0. The van der Waals surface area contributed by atoms with E-state index in [9.17, 15) is 5.11 Å². The van der Waals surface area contributed by atoms with Crippen LogP contribution in [0.3, 0.4) is 0 Å². The third-order valence-electron chi connectivity index (χ3n) is 3.10. The van der Waals surface area contributed by atoms with Gasteiger partial charge in [-0.05, 0) is 38.3 Å². The van der Waals surface area contributed by atoms with E-state index in [-0.39, 0.29) is 0 Å². The van der Waals surface area contributed by atoms with Gasteiger partial charge in [-0.1, -0.05) is 24.5 Å². The molecule has 1 atom stereocenters. The highest BCUT2D eigenvalue weighted by atomic mass is 16.5. The molecule has 1 aliphatic rings. The molecule has 0 saturated heterocycles. The summed E-state index contributed by atoms with van der Waals surface area (Å²) < 4.78 is 5.74. The van der Waals surface area contributed by atoms with Gasteiger partial charge in [0.2, 0.25) is 0 Å². The number of hydrogen-bond acceptors (Lipinski definition) is 2. The van der Waals surface area contributed by atoms with Gasteiger partial charge in [0.1, 0.15) is 5.75 Å². The number of rotatable bonds is 5. The van der Waals surface area contributed by atoms with Crippen molar-refractivity contribution in [2.24, 2.45) is 5.92 Å². The minimum Gasteiger partial charge on any atom is -0.493 e. The predicted molar refractivity (Wildman–Crippen MR) is 64.6 cm³/mol. The molecule has 1 aromatic rings. The highest BCUT2D eigenvalue weighted by Crippen LogP contribution is 2.33. The fourth-order valence-corrected chi connectivity index (χ4v) is 1.87. The first-order valence-corrected chi connectivity index (χ1v) is 6.08. The van der Waals surface area contributed by atoms with E-state index < -0.39 is 6.10 Å². The van der Waals surface area contributed by atoms with Gasteiger partial charge in [-0.3, -0.25) is 0 Å². The summed E-state index contributed by atoms with van der Waals surface area (Å²) in [6.07, 6.45) is 3.41. The minimum atomic E-state index is -0.462. The maximum absolute atomic E-state index is 9.67. The molecule has 1 N–H and O–H groups in total. The third kappa shape index (κ3) is 2.99. The van der Waals surface area contributed by atoms with Crippen molar-refractivity contribution in [2.45, 2.75) is 39.2 Å². The Bertz CT molecular complexity index is 354. The molecular formula is C14H20O2. The van der Waals surface area contributed by atoms with Gasteiger partial charge in [0.15, 0.2) is 0 Å². The number of benzene rings is 1. The normalized spacial score (nSPS) is 17.2. The fourth-order valence-electron chi connectivity index (χ4n) is 1.87. The second kappa shape index (κ2) is 4.88. The van der Waals surface area contributed by atoms with Crippen LogP contribution < -0.4 is 4.74 Å². The first kappa shape index (κ1) is 11.5. The van der Waals surface area contributed by atoms with E-state index in [0.717, 1.165) is 35.8 Å². The van der Waals surface area contributed by atoms with Gasteiger partial charge in [0, 0.05) is 5.56 Å². The summed E-state index contributed by atoms with van der Waals surface area (Å²) in [5, 5.41) is 9.67. The van der Waals surface area contributed by atoms with E-state index >= 15 is 0 Å². The Balaban J connectivity index is 1.99. The molecule has 0 spiro atoms. The molecule has 0 aliphatic heterocycles. The van der Waals surface area contributed by atoms with Crippen molar-refractivity contribution < 1.29 is 9.84 Å². The van der Waals surface area contributed by atoms with Crippen LogP contribution in [0.15, 0.2) is 18.2 Å². The molecule has 0 aromatic heterocycles. The Labute approximate surface area is 97.3 Å². The van der Waals surface area contributed by atoms with Crippen molar-refractivity contribution in [1.82, 2.24) is 0 Å². The van der Waals surface area contributed by atoms with Crippen LogP contribution in [-0.4, -0.2) is 11.7 Å². The molecular weight excluding hydrogens is 200 g/mol. The molecule has 2 rings (SSSR count). The highest BCUT2D eigenvalue weighted by molar-refractivity contribution is 5.38. The molecule has 16 heavy (non-hydrogen) atoms. The van der Waals surface area contributed by atoms with Crippen molar-refractivity contribution in [3.63, 3.8) is 0 Å². The smallest absolute Gasteiger partial charge is 0.125 e. The Kier molecular flexibility index (Phi) is 3.49. The number of aliphatic hydroxyl groups is 1. The first-order valence-electron chi connectivity index (χ1n) is 6.08. The number of ether oxygens (including phenoxy) is 1. The summed E-state index contributed by atoms with van der Waals surface area (Å²) in [7, 11) is 0. The average molecular weight is 220 g/mol. The Morgan fingerprint density at radius 1 is 1.44 bits per heavy atom. The first-order chi connectivity index (χ1) is 7.66. The molecule has 2 nitrogen and oxygen atoms in total. The van der Waals surface area contributed by atoms with Crippen molar-refractivity contribution >= 4 is 0 Å². The van der Waals surface area contributed by atoms with E-state index in [1.54, 1.807) is 6.92 Å². The SMILES string of the molecule is Cc1ccc(OCCC2CC2)c([C@H](C)O)c1. The molecule has 0 heterocycles. The van der Waals surface area contributed by atoms with Crippen LogP contribution in [0.5, 0.6) is 5.75 Å². The largest absolute Gasteiger partial charge is 0.493 e. The lowest BCUT2D eigenvalue weighted by Crippen LogP contribution is -2.03. The zero-order chi connectivity index (χ0) is 11.5. The quantitative estimate of drug-likeness (QED) is 0.825. The monoisotopic (exact) mass is 220 g/mol. The summed E-state index contributed by atoms with van der Waals surface area (Å²) in [5.41, 5.74) is 2.06. The molecule has 2 heteroatoms. The lowest BCUT2D eigenvalue weighted by molar-refractivity contribution is 0.190. The van der Waals surface area contributed by atoms with Crippen LogP contribution >= 0.6 is 0 Å². The fraction of sp³-hybridized carbons (Fsp3) is 0.571. The van der Waals surface area contributed by atoms with Crippen LogP contribution in [0, 0.1) is 12.8 Å². The van der Waals surface area contributed by atoms with Crippen molar-refractivity contribution in [3.8, 4) is 5.75 Å². The third-order valence-corrected chi connectivity index (χ3v) is 3.10. The van der Waals surface area contributed by atoms with Crippen LogP contribution in [0.25, 0.3) is 0 Å². The second-order valence-corrected chi connectivity index (χ2v) is 4.80. The van der Waals surface area contributed by atoms with Gasteiger partial charge in [0.05, 0.1) is 12.7 Å². The van der Waals surface area contributed by atoms with Gasteiger partial charge in [-0.2, -0.15) is 0 Å². The Hall–Kier alpha value is -1.02. The number of aryl methyl sites for hydroxylation is 1. The topological polar surface area (TPSA) is 29.5 Å². The van der Waals surface area contributed by atoms with E-state index in [1.807, 2.05) is 25.1 Å². The predicted octanol–water partition coefficient (Wildman–Crippen LogP) is 3.23. The van der Waals surface area contributed by atoms with E-state index in [0.29, 0.717) is 0 Å². The van der Waals surface area contributed by atoms with Gasteiger partial charge in [-0.15, -0.1) is 0 Å². The summed E-state index contributed by atoms with van der Waals surface area (Å²) >= 11 is 0. The summed E-state index contributed by atoms with van der Waals surface area (Å²) in [6, 6.07) is 5.99. The van der Waals surface area contributed by atoms with Gasteiger partial charge in [-0.25, -0.2) is 0 Å². The lowest BCUT2D eigenvalue weighted by atomic mass is 10.1. The maximum Gasteiger partial charge on any atom is 0.125 e. The molecule has 0 unspecified atom stereocenters. The molecule has 0 bridgehead atoms. The minimum absolute atomic E-state index is 0.462. The Morgan fingerprint density at radius 3 is 2.81 bits per heavy atom.